The third-order valence-electron chi connectivity index (χ3n) is 4.47. The van der Waals surface area contributed by atoms with E-state index in [1.807, 2.05) is 44.2 Å². The third-order valence-corrected chi connectivity index (χ3v) is 5.81. The lowest BCUT2D eigenvalue weighted by molar-refractivity contribution is -0.0623. The van der Waals surface area contributed by atoms with E-state index in [-0.39, 0.29) is 17.1 Å². The summed E-state index contributed by atoms with van der Waals surface area (Å²) in [4.78, 5) is 14.2. The number of urea groups is 1. The van der Waals surface area contributed by atoms with Crippen molar-refractivity contribution in [1.82, 2.24) is 9.62 Å². The lowest BCUT2D eigenvalue weighted by atomic mass is 10.1. The van der Waals surface area contributed by atoms with E-state index in [2.05, 4.69) is 4.72 Å². The molecule has 1 aliphatic heterocycles. The number of aryl methyl sites for hydroxylation is 1. The van der Waals surface area contributed by atoms with Crippen LogP contribution in [0.15, 0.2) is 59.5 Å². The summed E-state index contributed by atoms with van der Waals surface area (Å²) in [7, 11) is -3.90. The Morgan fingerprint density at radius 3 is 2.44 bits per heavy atom. The number of ether oxygens (including phenoxy) is 1. The van der Waals surface area contributed by atoms with Crippen molar-refractivity contribution in [2.75, 3.05) is 13.1 Å². The quantitative estimate of drug-likeness (QED) is 0.874. The van der Waals surface area contributed by atoms with Gasteiger partial charge in [-0.1, -0.05) is 48.0 Å². The normalized spacial score (nSPS) is 20.3. The zero-order valence-electron chi connectivity index (χ0n) is 15.5. The van der Waals surface area contributed by atoms with Crippen LogP contribution in [-0.4, -0.2) is 44.6 Å². The van der Waals surface area contributed by atoms with Crippen LogP contribution in [0.25, 0.3) is 0 Å². The number of hydrogen-bond donors (Lipinski definition) is 1. The van der Waals surface area contributed by atoms with Gasteiger partial charge in [0, 0.05) is 19.5 Å². The fourth-order valence-electron chi connectivity index (χ4n) is 3.16. The SMILES string of the molecule is Cc1ccc(S(=O)(=O)NC(=O)N2CC(C)OC(Cc3ccccc3)C2)cc1. The molecule has 0 aliphatic carbocycles. The van der Waals surface area contributed by atoms with Crippen LogP contribution in [0.4, 0.5) is 4.79 Å². The number of carbonyl (C=O) groups is 1. The summed E-state index contributed by atoms with van der Waals surface area (Å²) in [5, 5.41) is 0. The number of nitrogens with zero attached hydrogens (tertiary/aromatic N) is 1. The molecule has 7 heteroatoms. The zero-order chi connectivity index (χ0) is 19.4. The molecule has 2 aromatic carbocycles. The summed E-state index contributed by atoms with van der Waals surface area (Å²) in [5.74, 6) is 0. The first-order valence-electron chi connectivity index (χ1n) is 8.91. The van der Waals surface area contributed by atoms with E-state index in [9.17, 15) is 13.2 Å². The molecule has 2 aromatic rings. The Bertz CT molecular complexity index is 882. The minimum absolute atomic E-state index is 0.0728. The minimum Gasteiger partial charge on any atom is -0.371 e. The average molecular weight is 388 g/mol. The van der Waals surface area contributed by atoms with Crippen molar-refractivity contribution >= 4 is 16.1 Å². The molecule has 0 spiro atoms. The molecule has 1 fully saturated rings. The molecule has 0 aromatic heterocycles. The average Bonchev–Trinajstić information content (AvgIpc) is 2.62. The van der Waals surface area contributed by atoms with Gasteiger partial charge in [0.05, 0.1) is 17.1 Å². The Morgan fingerprint density at radius 2 is 1.78 bits per heavy atom. The van der Waals surface area contributed by atoms with Crippen LogP contribution in [0.2, 0.25) is 0 Å². The van der Waals surface area contributed by atoms with Gasteiger partial charge in [-0.2, -0.15) is 0 Å². The van der Waals surface area contributed by atoms with Crippen LogP contribution >= 0.6 is 0 Å². The van der Waals surface area contributed by atoms with Crippen LogP contribution in [-0.2, 0) is 21.2 Å². The molecule has 1 saturated heterocycles. The van der Waals surface area contributed by atoms with Crippen LogP contribution < -0.4 is 4.72 Å². The van der Waals surface area contributed by atoms with E-state index in [0.717, 1.165) is 11.1 Å². The maximum atomic E-state index is 12.6. The number of carbonyl (C=O) groups excluding carboxylic acids is 1. The number of benzene rings is 2. The molecule has 1 aliphatic rings. The number of amides is 2. The molecule has 0 bridgehead atoms. The van der Waals surface area contributed by atoms with E-state index < -0.39 is 16.1 Å². The molecule has 1 heterocycles. The van der Waals surface area contributed by atoms with Gasteiger partial charge in [-0.15, -0.1) is 0 Å². The third kappa shape index (κ3) is 5.08. The molecule has 144 valence electrons. The Kier molecular flexibility index (Phi) is 5.82. The van der Waals surface area contributed by atoms with Crippen LogP contribution in [0.5, 0.6) is 0 Å². The van der Waals surface area contributed by atoms with E-state index in [1.54, 1.807) is 12.1 Å². The summed E-state index contributed by atoms with van der Waals surface area (Å²) in [5.41, 5.74) is 2.07. The Labute approximate surface area is 160 Å². The van der Waals surface area contributed by atoms with Gasteiger partial charge in [-0.05, 0) is 31.5 Å². The maximum absolute atomic E-state index is 12.6. The standard InChI is InChI=1S/C20H24N2O4S/c1-15-8-10-19(11-9-15)27(24,25)21-20(23)22-13-16(2)26-18(14-22)12-17-6-4-3-5-7-17/h3-11,16,18H,12-14H2,1-2H3,(H,21,23). The molecule has 6 nitrogen and oxygen atoms in total. The molecular formula is C20H24N2O4S. The second kappa shape index (κ2) is 8.10. The van der Waals surface area contributed by atoms with Gasteiger partial charge in [0.1, 0.15) is 0 Å². The van der Waals surface area contributed by atoms with Crippen molar-refractivity contribution in [3.05, 3.63) is 65.7 Å². The first kappa shape index (κ1) is 19.4. The number of nitrogens with one attached hydrogen (secondary N) is 1. The van der Waals surface area contributed by atoms with Crippen molar-refractivity contribution < 1.29 is 17.9 Å². The highest BCUT2D eigenvalue weighted by Crippen LogP contribution is 2.17. The molecule has 2 amide bonds. The lowest BCUT2D eigenvalue weighted by Crippen LogP contribution is -2.53. The molecule has 2 atom stereocenters. The van der Waals surface area contributed by atoms with E-state index in [4.69, 9.17) is 4.74 Å². The predicted octanol–water partition coefficient (Wildman–Crippen LogP) is 2.73. The van der Waals surface area contributed by atoms with Crippen molar-refractivity contribution in [3.8, 4) is 0 Å². The van der Waals surface area contributed by atoms with Gasteiger partial charge in [0.25, 0.3) is 10.0 Å². The summed E-state index contributed by atoms with van der Waals surface area (Å²) < 4.78 is 33.0. The monoisotopic (exact) mass is 388 g/mol. The second-order valence-electron chi connectivity index (χ2n) is 6.89. The molecule has 1 N–H and O–H groups in total. The summed E-state index contributed by atoms with van der Waals surface area (Å²) in [6, 6.07) is 15.6. The fraction of sp³-hybridized carbons (Fsp3) is 0.350. The fourth-order valence-corrected chi connectivity index (χ4v) is 4.13. The van der Waals surface area contributed by atoms with E-state index in [0.29, 0.717) is 19.5 Å². The van der Waals surface area contributed by atoms with Crippen molar-refractivity contribution in [2.24, 2.45) is 0 Å². The highest BCUT2D eigenvalue weighted by atomic mass is 32.2. The Morgan fingerprint density at radius 1 is 1.11 bits per heavy atom. The highest BCUT2D eigenvalue weighted by Gasteiger charge is 2.30. The lowest BCUT2D eigenvalue weighted by Gasteiger charge is -2.36. The molecular weight excluding hydrogens is 364 g/mol. The molecule has 0 radical (unpaired) electrons. The number of rotatable bonds is 4. The predicted molar refractivity (Wildman–Crippen MR) is 103 cm³/mol. The first-order valence-corrected chi connectivity index (χ1v) is 10.4. The summed E-state index contributed by atoms with van der Waals surface area (Å²) in [6.07, 6.45) is 0.323. The van der Waals surface area contributed by atoms with Crippen LogP contribution in [0.1, 0.15) is 18.1 Å². The van der Waals surface area contributed by atoms with E-state index >= 15 is 0 Å². The van der Waals surface area contributed by atoms with Gasteiger partial charge in [0.15, 0.2) is 0 Å². The Balaban J connectivity index is 1.67. The second-order valence-corrected chi connectivity index (χ2v) is 8.57. The van der Waals surface area contributed by atoms with Crippen molar-refractivity contribution in [2.45, 2.75) is 37.4 Å². The van der Waals surface area contributed by atoms with Gasteiger partial charge in [-0.3, -0.25) is 0 Å². The maximum Gasteiger partial charge on any atom is 0.331 e. The van der Waals surface area contributed by atoms with Crippen LogP contribution in [0.3, 0.4) is 0 Å². The molecule has 2 unspecified atom stereocenters. The van der Waals surface area contributed by atoms with Crippen LogP contribution in [0, 0.1) is 6.92 Å². The van der Waals surface area contributed by atoms with Gasteiger partial charge < -0.3 is 9.64 Å². The summed E-state index contributed by atoms with van der Waals surface area (Å²) in [6.45, 7) is 4.44. The van der Waals surface area contributed by atoms with E-state index in [1.165, 1.54) is 17.0 Å². The van der Waals surface area contributed by atoms with Gasteiger partial charge >= 0.3 is 6.03 Å². The van der Waals surface area contributed by atoms with Gasteiger partial charge in [-0.25, -0.2) is 17.9 Å². The number of sulfonamides is 1. The summed E-state index contributed by atoms with van der Waals surface area (Å²) >= 11 is 0. The topological polar surface area (TPSA) is 75.7 Å². The highest BCUT2D eigenvalue weighted by molar-refractivity contribution is 7.90. The minimum atomic E-state index is -3.90. The van der Waals surface area contributed by atoms with Gasteiger partial charge in [0.2, 0.25) is 0 Å². The number of hydrogen-bond acceptors (Lipinski definition) is 4. The largest absolute Gasteiger partial charge is 0.371 e. The molecule has 27 heavy (non-hydrogen) atoms. The molecule has 0 saturated carbocycles. The van der Waals surface area contributed by atoms with Crippen molar-refractivity contribution in [3.63, 3.8) is 0 Å². The smallest absolute Gasteiger partial charge is 0.331 e. The molecule has 3 rings (SSSR count). The first-order chi connectivity index (χ1) is 12.8. The Hall–Kier alpha value is -2.38. The number of morpholine rings is 1. The zero-order valence-corrected chi connectivity index (χ0v) is 16.3. The van der Waals surface area contributed by atoms with Crippen molar-refractivity contribution in [1.29, 1.82) is 0 Å².